The summed E-state index contributed by atoms with van der Waals surface area (Å²) in [4.78, 5) is 14.7. The molecule has 2 aromatic rings. The first-order valence-corrected chi connectivity index (χ1v) is 8.87. The number of carbonyl (C=O) groups excluding carboxylic acids is 1. The first-order valence-electron chi connectivity index (χ1n) is 7.48. The molecule has 0 saturated heterocycles. The number of nitrogen functional groups attached to an aromatic ring is 1. The average molecular weight is 312 g/mol. The Morgan fingerprint density at radius 3 is 2.73 bits per heavy atom. The molecule has 22 heavy (non-hydrogen) atoms. The highest BCUT2D eigenvalue weighted by Crippen LogP contribution is 2.32. The minimum Gasteiger partial charge on any atom is -0.398 e. The van der Waals surface area contributed by atoms with Crippen LogP contribution in [0.5, 0.6) is 0 Å². The van der Waals surface area contributed by atoms with Crippen LogP contribution in [0.4, 0.5) is 11.4 Å². The van der Waals surface area contributed by atoms with Crippen molar-refractivity contribution in [2.75, 3.05) is 23.4 Å². The fraction of sp³-hybridized carbons (Fsp3) is 0.278. The lowest BCUT2D eigenvalue weighted by Gasteiger charge is -2.30. The van der Waals surface area contributed by atoms with Crippen LogP contribution in [0.15, 0.2) is 42.5 Å². The first-order chi connectivity index (χ1) is 10.7. The maximum absolute atomic E-state index is 12.8. The predicted molar refractivity (Wildman–Crippen MR) is 94.5 cm³/mol. The summed E-state index contributed by atoms with van der Waals surface area (Å²) in [6.45, 7) is 0.752. The molecule has 4 heteroatoms. The molecule has 1 aliphatic rings. The van der Waals surface area contributed by atoms with Crippen LogP contribution in [-0.4, -0.2) is 18.7 Å². The zero-order chi connectivity index (χ0) is 15.5. The smallest absolute Gasteiger partial charge is 0.258 e. The van der Waals surface area contributed by atoms with Gasteiger partial charge in [-0.05, 0) is 54.5 Å². The van der Waals surface area contributed by atoms with E-state index in [1.807, 2.05) is 47.4 Å². The second-order valence-electron chi connectivity index (χ2n) is 5.54. The zero-order valence-electron chi connectivity index (χ0n) is 12.7. The van der Waals surface area contributed by atoms with Crippen molar-refractivity contribution in [3.05, 3.63) is 59.2 Å². The fourth-order valence-electron chi connectivity index (χ4n) is 2.93. The van der Waals surface area contributed by atoms with Crippen molar-refractivity contribution in [1.82, 2.24) is 0 Å². The van der Waals surface area contributed by atoms with E-state index in [9.17, 15) is 4.79 Å². The highest BCUT2D eigenvalue weighted by atomic mass is 32.2. The third-order valence-electron chi connectivity index (χ3n) is 4.04. The summed E-state index contributed by atoms with van der Waals surface area (Å²) in [6.07, 6.45) is 3.98. The predicted octanol–water partition coefficient (Wildman–Crippen LogP) is 3.72. The number of thioether (sulfide) groups is 1. The topological polar surface area (TPSA) is 46.3 Å². The van der Waals surface area contributed by atoms with Crippen LogP contribution in [0.25, 0.3) is 0 Å². The minimum atomic E-state index is 0.0576. The second-order valence-corrected chi connectivity index (χ2v) is 6.40. The molecule has 0 bridgehead atoms. The van der Waals surface area contributed by atoms with E-state index >= 15 is 0 Å². The van der Waals surface area contributed by atoms with Gasteiger partial charge in [-0.15, -0.1) is 0 Å². The van der Waals surface area contributed by atoms with Crippen molar-refractivity contribution >= 4 is 29.0 Å². The van der Waals surface area contributed by atoms with E-state index in [0.717, 1.165) is 47.6 Å². The number of benzene rings is 2. The fourth-order valence-corrected chi connectivity index (χ4v) is 3.45. The number of hydrogen-bond donors (Lipinski definition) is 1. The van der Waals surface area contributed by atoms with E-state index in [2.05, 4.69) is 6.26 Å². The SMILES string of the molecule is CSCc1ccc(C(=O)N2CCCc3c(N)cccc32)cc1. The lowest BCUT2D eigenvalue weighted by atomic mass is 9.99. The molecular weight excluding hydrogens is 292 g/mol. The number of amides is 1. The van der Waals surface area contributed by atoms with E-state index in [4.69, 9.17) is 5.73 Å². The van der Waals surface area contributed by atoms with Crippen molar-refractivity contribution in [3.8, 4) is 0 Å². The molecule has 0 atom stereocenters. The highest BCUT2D eigenvalue weighted by molar-refractivity contribution is 7.97. The van der Waals surface area contributed by atoms with Gasteiger partial charge in [0.25, 0.3) is 5.91 Å². The van der Waals surface area contributed by atoms with Gasteiger partial charge in [0.15, 0.2) is 0 Å². The number of anilines is 2. The summed E-state index contributed by atoms with van der Waals surface area (Å²) in [7, 11) is 0. The van der Waals surface area contributed by atoms with E-state index in [-0.39, 0.29) is 5.91 Å². The standard InChI is InChI=1S/C18H20N2OS/c1-22-12-13-7-9-14(10-8-13)18(21)20-11-3-4-15-16(19)5-2-6-17(15)20/h2,5-10H,3-4,11-12,19H2,1H3. The van der Waals surface area contributed by atoms with E-state index < -0.39 is 0 Å². The Bertz CT molecular complexity index is 682. The van der Waals surface area contributed by atoms with Crippen molar-refractivity contribution in [1.29, 1.82) is 0 Å². The lowest BCUT2D eigenvalue weighted by Crippen LogP contribution is -2.35. The van der Waals surface area contributed by atoms with Crippen molar-refractivity contribution in [2.45, 2.75) is 18.6 Å². The molecule has 0 aromatic heterocycles. The van der Waals surface area contributed by atoms with Gasteiger partial charge < -0.3 is 10.6 Å². The number of nitrogens with zero attached hydrogens (tertiary/aromatic N) is 1. The number of carbonyl (C=O) groups is 1. The molecule has 1 heterocycles. The van der Waals surface area contributed by atoms with Crippen molar-refractivity contribution in [3.63, 3.8) is 0 Å². The maximum atomic E-state index is 12.8. The van der Waals surface area contributed by atoms with Gasteiger partial charge in [-0.1, -0.05) is 18.2 Å². The molecule has 0 spiro atoms. The second kappa shape index (κ2) is 6.44. The third kappa shape index (κ3) is 2.83. The summed E-state index contributed by atoms with van der Waals surface area (Å²) in [5.41, 5.74) is 10.9. The number of nitrogens with two attached hydrogens (primary N) is 1. The summed E-state index contributed by atoms with van der Waals surface area (Å²) < 4.78 is 0. The molecule has 0 fully saturated rings. The Hall–Kier alpha value is -1.94. The lowest BCUT2D eigenvalue weighted by molar-refractivity contribution is 0.0985. The van der Waals surface area contributed by atoms with E-state index in [0.29, 0.717) is 0 Å². The summed E-state index contributed by atoms with van der Waals surface area (Å²) >= 11 is 1.78. The van der Waals surface area contributed by atoms with Crippen LogP contribution < -0.4 is 10.6 Å². The Labute approximate surface area is 135 Å². The normalized spacial score (nSPS) is 13.8. The first kappa shape index (κ1) is 15.0. The molecule has 1 amide bonds. The highest BCUT2D eigenvalue weighted by Gasteiger charge is 2.24. The van der Waals surface area contributed by atoms with Crippen LogP contribution in [0.2, 0.25) is 0 Å². The molecule has 0 radical (unpaired) electrons. The van der Waals surface area contributed by atoms with Gasteiger partial charge in [0.05, 0.1) is 0 Å². The molecule has 3 rings (SSSR count). The summed E-state index contributed by atoms with van der Waals surface area (Å²) in [6, 6.07) is 13.7. The molecule has 0 unspecified atom stereocenters. The largest absolute Gasteiger partial charge is 0.398 e. The maximum Gasteiger partial charge on any atom is 0.258 e. The summed E-state index contributed by atoms with van der Waals surface area (Å²) in [5.74, 6) is 1.03. The van der Waals surface area contributed by atoms with Gasteiger partial charge in [-0.25, -0.2) is 0 Å². The Morgan fingerprint density at radius 1 is 1.23 bits per heavy atom. The Morgan fingerprint density at radius 2 is 2.00 bits per heavy atom. The zero-order valence-corrected chi connectivity index (χ0v) is 13.5. The van der Waals surface area contributed by atoms with E-state index in [1.165, 1.54) is 5.56 Å². The molecule has 2 aromatic carbocycles. The number of hydrogen-bond acceptors (Lipinski definition) is 3. The molecule has 1 aliphatic heterocycles. The Kier molecular flexibility index (Phi) is 4.39. The van der Waals surface area contributed by atoms with Gasteiger partial charge in [0, 0.05) is 29.2 Å². The van der Waals surface area contributed by atoms with Crippen LogP contribution in [0.1, 0.15) is 27.9 Å². The molecular formula is C18H20N2OS. The molecule has 3 nitrogen and oxygen atoms in total. The monoisotopic (exact) mass is 312 g/mol. The number of rotatable bonds is 3. The van der Waals surface area contributed by atoms with Gasteiger partial charge in [0.1, 0.15) is 0 Å². The van der Waals surface area contributed by atoms with Gasteiger partial charge in [-0.3, -0.25) is 4.79 Å². The van der Waals surface area contributed by atoms with E-state index in [1.54, 1.807) is 11.8 Å². The molecule has 0 aliphatic carbocycles. The average Bonchev–Trinajstić information content (AvgIpc) is 2.55. The number of fused-ring (bicyclic) bond motifs is 1. The van der Waals surface area contributed by atoms with Gasteiger partial charge in [0.2, 0.25) is 0 Å². The van der Waals surface area contributed by atoms with Gasteiger partial charge >= 0.3 is 0 Å². The molecule has 0 saturated carbocycles. The van der Waals surface area contributed by atoms with Gasteiger partial charge in [-0.2, -0.15) is 11.8 Å². The van der Waals surface area contributed by atoms with Crippen LogP contribution >= 0.6 is 11.8 Å². The minimum absolute atomic E-state index is 0.0576. The van der Waals surface area contributed by atoms with Crippen LogP contribution in [0.3, 0.4) is 0 Å². The Balaban J connectivity index is 1.89. The quantitative estimate of drug-likeness (QED) is 0.879. The van der Waals surface area contributed by atoms with Crippen molar-refractivity contribution < 1.29 is 4.79 Å². The van der Waals surface area contributed by atoms with Crippen LogP contribution in [0, 0.1) is 0 Å². The van der Waals surface area contributed by atoms with Crippen LogP contribution in [-0.2, 0) is 12.2 Å². The molecule has 2 N–H and O–H groups in total. The third-order valence-corrected chi connectivity index (χ3v) is 4.67. The molecule has 114 valence electrons. The summed E-state index contributed by atoms with van der Waals surface area (Å²) in [5, 5.41) is 0. The van der Waals surface area contributed by atoms with Crippen molar-refractivity contribution in [2.24, 2.45) is 0 Å².